The largest absolute Gasteiger partial charge is 0.339 e. The molecular weight excluding hydrogens is 281 g/mol. The van der Waals surface area contributed by atoms with Crippen LogP contribution in [0.2, 0.25) is 10.3 Å². The van der Waals surface area contributed by atoms with Crippen LogP contribution in [-0.2, 0) is 5.41 Å². The Morgan fingerprint density at radius 3 is 2.58 bits per heavy atom. The highest BCUT2D eigenvalue weighted by Gasteiger charge is 2.14. The molecule has 1 aromatic heterocycles. The van der Waals surface area contributed by atoms with Gasteiger partial charge in [0, 0.05) is 5.69 Å². The first-order chi connectivity index (χ1) is 8.86. The van der Waals surface area contributed by atoms with Gasteiger partial charge in [-0.2, -0.15) is 4.98 Å². The normalized spacial score (nSPS) is 11.4. The van der Waals surface area contributed by atoms with Crippen molar-refractivity contribution in [3.8, 4) is 0 Å². The molecule has 2 aromatic rings. The van der Waals surface area contributed by atoms with Crippen LogP contribution in [0.1, 0.15) is 26.3 Å². The SMILES string of the molecule is CC(C)(C)c1cccc(Nc2nc(Cl)ncc2Cl)c1. The van der Waals surface area contributed by atoms with E-state index in [0.29, 0.717) is 10.8 Å². The number of aromatic nitrogens is 2. The molecule has 0 amide bonds. The summed E-state index contributed by atoms with van der Waals surface area (Å²) in [6.07, 6.45) is 1.48. The Morgan fingerprint density at radius 1 is 1.16 bits per heavy atom. The van der Waals surface area contributed by atoms with Crippen molar-refractivity contribution in [2.45, 2.75) is 26.2 Å². The molecule has 0 bridgehead atoms. The minimum absolute atomic E-state index is 0.0881. The summed E-state index contributed by atoms with van der Waals surface area (Å²) >= 11 is 11.8. The summed E-state index contributed by atoms with van der Waals surface area (Å²) in [6.45, 7) is 6.50. The zero-order chi connectivity index (χ0) is 14.0. The monoisotopic (exact) mass is 295 g/mol. The van der Waals surface area contributed by atoms with Gasteiger partial charge in [-0.15, -0.1) is 0 Å². The van der Waals surface area contributed by atoms with E-state index in [1.54, 1.807) is 0 Å². The molecule has 100 valence electrons. The Bertz CT molecular complexity index is 591. The third-order valence-electron chi connectivity index (χ3n) is 2.71. The van der Waals surface area contributed by atoms with Crippen molar-refractivity contribution in [2.75, 3.05) is 5.32 Å². The standard InChI is InChI=1S/C14H15Cl2N3/c1-14(2,3)9-5-4-6-10(7-9)18-12-11(15)8-17-13(16)19-12/h4-8H,1-3H3,(H,17,18,19). The van der Waals surface area contributed by atoms with E-state index >= 15 is 0 Å². The maximum absolute atomic E-state index is 6.03. The molecule has 0 spiro atoms. The lowest BCUT2D eigenvalue weighted by molar-refractivity contribution is 0.590. The van der Waals surface area contributed by atoms with Crippen LogP contribution in [0.5, 0.6) is 0 Å². The molecule has 2 rings (SSSR count). The van der Waals surface area contributed by atoms with Crippen molar-refractivity contribution in [3.05, 3.63) is 46.3 Å². The third-order valence-corrected chi connectivity index (χ3v) is 3.16. The Balaban J connectivity index is 2.31. The van der Waals surface area contributed by atoms with E-state index in [2.05, 4.69) is 48.2 Å². The first-order valence-corrected chi connectivity index (χ1v) is 6.67. The van der Waals surface area contributed by atoms with Gasteiger partial charge in [0.2, 0.25) is 5.28 Å². The van der Waals surface area contributed by atoms with E-state index in [1.807, 2.05) is 12.1 Å². The molecule has 0 saturated carbocycles. The number of halogens is 2. The smallest absolute Gasteiger partial charge is 0.224 e. The topological polar surface area (TPSA) is 37.8 Å². The predicted octanol–water partition coefficient (Wildman–Crippen LogP) is 4.82. The summed E-state index contributed by atoms with van der Waals surface area (Å²) in [5.74, 6) is 0.507. The number of anilines is 2. The lowest BCUT2D eigenvalue weighted by Gasteiger charge is -2.20. The lowest BCUT2D eigenvalue weighted by atomic mass is 9.87. The van der Waals surface area contributed by atoms with Crippen LogP contribution in [0, 0.1) is 0 Å². The third kappa shape index (κ3) is 3.58. The number of nitrogens with one attached hydrogen (secondary N) is 1. The molecule has 1 heterocycles. The molecule has 1 N–H and O–H groups in total. The fraction of sp³-hybridized carbons (Fsp3) is 0.286. The highest BCUT2D eigenvalue weighted by molar-refractivity contribution is 6.33. The van der Waals surface area contributed by atoms with Crippen molar-refractivity contribution < 1.29 is 0 Å². The van der Waals surface area contributed by atoms with Gasteiger partial charge in [0.15, 0.2) is 5.82 Å². The van der Waals surface area contributed by atoms with E-state index in [9.17, 15) is 0 Å². The summed E-state index contributed by atoms with van der Waals surface area (Å²) < 4.78 is 0. The van der Waals surface area contributed by atoms with Crippen LogP contribution in [0.4, 0.5) is 11.5 Å². The Morgan fingerprint density at radius 2 is 1.89 bits per heavy atom. The highest BCUT2D eigenvalue weighted by Crippen LogP contribution is 2.28. The molecule has 3 nitrogen and oxygen atoms in total. The van der Waals surface area contributed by atoms with Crippen LogP contribution < -0.4 is 5.32 Å². The summed E-state index contributed by atoms with van der Waals surface area (Å²) in [4.78, 5) is 7.89. The molecule has 1 aromatic carbocycles. The van der Waals surface area contributed by atoms with Crippen LogP contribution in [0.25, 0.3) is 0 Å². The summed E-state index contributed by atoms with van der Waals surface area (Å²) in [5.41, 5.74) is 2.24. The predicted molar refractivity (Wildman–Crippen MR) is 80.5 cm³/mol. The van der Waals surface area contributed by atoms with Gasteiger partial charge in [-0.05, 0) is 34.7 Å². The fourth-order valence-corrected chi connectivity index (χ4v) is 1.91. The molecule has 0 aliphatic rings. The molecule has 5 heteroatoms. The maximum atomic E-state index is 6.03. The minimum Gasteiger partial charge on any atom is -0.339 e. The molecule has 0 unspecified atom stereocenters. The molecule has 0 atom stereocenters. The summed E-state index contributed by atoms with van der Waals surface area (Å²) in [6, 6.07) is 8.13. The van der Waals surface area contributed by atoms with E-state index in [-0.39, 0.29) is 10.7 Å². The van der Waals surface area contributed by atoms with Gasteiger partial charge in [-0.1, -0.05) is 44.5 Å². The molecule has 0 aliphatic carbocycles. The van der Waals surface area contributed by atoms with Gasteiger partial charge < -0.3 is 5.32 Å². The van der Waals surface area contributed by atoms with Crippen LogP contribution >= 0.6 is 23.2 Å². The zero-order valence-corrected chi connectivity index (χ0v) is 12.5. The maximum Gasteiger partial charge on any atom is 0.224 e. The second-order valence-electron chi connectivity index (χ2n) is 5.29. The zero-order valence-electron chi connectivity index (χ0n) is 11.0. The number of hydrogen-bond acceptors (Lipinski definition) is 3. The highest BCUT2D eigenvalue weighted by atomic mass is 35.5. The van der Waals surface area contributed by atoms with Gasteiger partial charge in [-0.25, -0.2) is 4.98 Å². The van der Waals surface area contributed by atoms with Crippen molar-refractivity contribution in [3.63, 3.8) is 0 Å². The van der Waals surface area contributed by atoms with E-state index in [1.165, 1.54) is 11.8 Å². The van der Waals surface area contributed by atoms with Gasteiger partial charge in [0.05, 0.1) is 6.20 Å². The van der Waals surface area contributed by atoms with Gasteiger partial charge >= 0.3 is 0 Å². The van der Waals surface area contributed by atoms with E-state index in [0.717, 1.165) is 5.69 Å². The average Bonchev–Trinajstić information content (AvgIpc) is 2.33. The average molecular weight is 296 g/mol. The first kappa shape index (κ1) is 14.1. The quantitative estimate of drug-likeness (QED) is 0.807. The van der Waals surface area contributed by atoms with Crippen molar-refractivity contribution >= 4 is 34.7 Å². The molecule has 0 saturated heterocycles. The Kier molecular flexibility index (Phi) is 3.97. The van der Waals surface area contributed by atoms with Crippen molar-refractivity contribution in [1.82, 2.24) is 9.97 Å². The first-order valence-electron chi connectivity index (χ1n) is 5.92. The van der Waals surface area contributed by atoms with Crippen LogP contribution in [0.15, 0.2) is 30.5 Å². The number of rotatable bonds is 2. The lowest BCUT2D eigenvalue weighted by Crippen LogP contribution is -2.11. The molecule has 0 fully saturated rings. The van der Waals surface area contributed by atoms with Crippen LogP contribution in [-0.4, -0.2) is 9.97 Å². The summed E-state index contributed by atoms with van der Waals surface area (Å²) in [7, 11) is 0. The Hall–Kier alpha value is -1.32. The molecule has 0 aliphatic heterocycles. The second-order valence-corrected chi connectivity index (χ2v) is 6.04. The number of benzene rings is 1. The minimum atomic E-state index is 0.0881. The fourth-order valence-electron chi connectivity index (χ4n) is 1.63. The molecule has 0 radical (unpaired) electrons. The molecule has 19 heavy (non-hydrogen) atoms. The Labute approximate surface area is 123 Å². The number of nitrogens with zero attached hydrogens (tertiary/aromatic N) is 2. The van der Waals surface area contributed by atoms with Crippen molar-refractivity contribution in [1.29, 1.82) is 0 Å². The molecular formula is C14H15Cl2N3. The van der Waals surface area contributed by atoms with E-state index < -0.39 is 0 Å². The van der Waals surface area contributed by atoms with Gasteiger partial charge in [0.25, 0.3) is 0 Å². The summed E-state index contributed by atoms with van der Waals surface area (Å²) in [5, 5.41) is 3.76. The van der Waals surface area contributed by atoms with Gasteiger partial charge in [0.1, 0.15) is 5.02 Å². The second kappa shape index (κ2) is 5.35. The van der Waals surface area contributed by atoms with Crippen molar-refractivity contribution in [2.24, 2.45) is 0 Å². The van der Waals surface area contributed by atoms with Gasteiger partial charge in [-0.3, -0.25) is 0 Å². The number of hydrogen-bond donors (Lipinski definition) is 1. The van der Waals surface area contributed by atoms with E-state index in [4.69, 9.17) is 23.2 Å². The van der Waals surface area contributed by atoms with Crippen LogP contribution in [0.3, 0.4) is 0 Å².